The summed E-state index contributed by atoms with van der Waals surface area (Å²) in [5, 5.41) is 0. The predicted octanol–water partition coefficient (Wildman–Crippen LogP) is 2.88. The smallest absolute Gasteiger partial charge is 0.163 e. The number of rotatable bonds is 1. The molecule has 1 aliphatic carbocycles. The Morgan fingerprint density at radius 3 is 2.80 bits per heavy atom. The molecule has 0 N–H and O–H groups in total. The molecule has 0 radical (unpaired) electrons. The van der Waals surface area contributed by atoms with E-state index < -0.39 is 0 Å². The van der Waals surface area contributed by atoms with Gasteiger partial charge < -0.3 is 4.57 Å². The molecule has 1 heterocycles. The molecule has 0 saturated carbocycles. The zero-order valence-corrected chi connectivity index (χ0v) is 10.4. The maximum absolute atomic E-state index is 11.8. The molecule has 1 aromatic heterocycles. The third-order valence-electron chi connectivity index (χ3n) is 2.85. The molecule has 2 rings (SSSR count). The Kier molecular flexibility index (Phi) is 2.54. The van der Waals surface area contributed by atoms with E-state index in [4.69, 9.17) is 0 Å². The minimum Gasteiger partial charge on any atom is -0.309 e. The standard InChI is InChI=1S/C11H13BrN2O/c1-11(2)4-3-8(5-9(11)15)14-6-10(12)13-7-14/h5-7H,3-4H2,1-2H3. The Balaban J connectivity index is 2.30. The number of hydrogen-bond donors (Lipinski definition) is 0. The predicted molar refractivity (Wildman–Crippen MR) is 62.2 cm³/mol. The van der Waals surface area contributed by atoms with Crippen LogP contribution in [0, 0.1) is 5.41 Å². The first-order valence-corrected chi connectivity index (χ1v) is 5.73. The zero-order chi connectivity index (χ0) is 11.1. The van der Waals surface area contributed by atoms with Crippen molar-refractivity contribution in [1.82, 2.24) is 9.55 Å². The first-order chi connectivity index (χ1) is 6.99. The minimum absolute atomic E-state index is 0.202. The highest BCUT2D eigenvalue weighted by Gasteiger charge is 2.30. The van der Waals surface area contributed by atoms with Gasteiger partial charge in [-0.1, -0.05) is 13.8 Å². The van der Waals surface area contributed by atoms with Gasteiger partial charge in [-0.15, -0.1) is 0 Å². The molecule has 0 spiro atoms. The summed E-state index contributed by atoms with van der Waals surface area (Å²) >= 11 is 3.29. The van der Waals surface area contributed by atoms with Crippen LogP contribution in [0.1, 0.15) is 26.7 Å². The van der Waals surface area contributed by atoms with E-state index in [0.717, 1.165) is 23.1 Å². The number of hydrogen-bond acceptors (Lipinski definition) is 2. The zero-order valence-electron chi connectivity index (χ0n) is 8.83. The Labute approximate surface area is 97.3 Å². The summed E-state index contributed by atoms with van der Waals surface area (Å²) in [6.07, 6.45) is 7.14. The highest BCUT2D eigenvalue weighted by Crippen LogP contribution is 2.33. The number of imidazole rings is 1. The normalized spacial score (nSPS) is 20.2. The van der Waals surface area contributed by atoms with E-state index in [0.29, 0.717) is 0 Å². The van der Waals surface area contributed by atoms with E-state index in [9.17, 15) is 4.79 Å². The molecule has 0 atom stereocenters. The highest BCUT2D eigenvalue weighted by atomic mass is 79.9. The molecule has 0 amide bonds. The fourth-order valence-electron chi connectivity index (χ4n) is 1.64. The van der Waals surface area contributed by atoms with Crippen molar-refractivity contribution in [3.05, 3.63) is 23.2 Å². The first kappa shape index (κ1) is 10.6. The lowest BCUT2D eigenvalue weighted by atomic mass is 9.79. The maximum atomic E-state index is 11.8. The molecule has 3 nitrogen and oxygen atoms in total. The summed E-state index contributed by atoms with van der Waals surface area (Å²) in [7, 11) is 0. The highest BCUT2D eigenvalue weighted by molar-refractivity contribution is 9.10. The van der Waals surface area contributed by atoms with Crippen LogP contribution in [0.2, 0.25) is 0 Å². The summed E-state index contributed by atoms with van der Waals surface area (Å²) in [6.45, 7) is 3.98. The van der Waals surface area contributed by atoms with Crippen molar-refractivity contribution < 1.29 is 4.79 Å². The van der Waals surface area contributed by atoms with Crippen LogP contribution in [0.15, 0.2) is 23.2 Å². The molecule has 0 aliphatic heterocycles. The van der Waals surface area contributed by atoms with Crippen LogP contribution in [-0.4, -0.2) is 15.3 Å². The lowest BCUT2D eigenvalue weighted by Crippen LogP contribution is -2.26. The first-order valence-electron chi connectivity index (χ1n) is 4.94. The average molecular weight is 269 g/mol. The molecular formula is C11H13BrN2O. The maximum Gasteiger partial charge on any atom is 0.163 e. The van der Waals surface area contributed by atoms with Gasteiger partial charge in [0.25, 0.3) is 0 Å². The van der Waals surface area contributed by atoms with Crippen LogP contribution in [0.4, 0.5) is 0 Å². The second-order valence-electron chi connectivity index (χ2n) is 4.49. The monoisotopic (exact) mass is 268 g/mol. The van der Waals surface area contributed by atoms with E-state index in [2.05, 4.69) is 20.9 Å². The van der Waals surface area contributed by atoms with Crippen molar-refractivity contribution >= 4 is 27.4 Å². The fraction of sp³-hybridized carbons (Fsp3) is 0.455. The number of carbonyl (C=O) groups is 1. The quantitative estimate of drug-likeness (QED) is 0.785. The topological polar surface area (TPSA) is 34.9 Å². The fourth-order valence-corrected chi connectivity index (χ4v) is 1.95. The molecular weight excluding hydrogens is 256 g/mol. The van der Waals surface area contributed by atoms with Gasteiger partial charge in [-0.3, -0.25) is 4.79 Å². The van der Waals surface area contributed by atoms with Gasteiger partial charge in [0, 0.05) is 23.4 Å². The average Bonchev–Trinajstić information content (AvgIpc) is 2.57. The summed E-state index contributed by atoms with van der Waals surface area (Å²) in [5.41, 5.74) is 0.818. The van der Waals surface area contributed by atoms with E-state index in [1.807, 2.05) is 24.6 Å². The summed E-state index contributed by atoms with van der Waals surface area (Å²) in [6, 6.07) is 0. The Morgan fingerprint density at radius 2 is 2.27 bits per heavy atom. The van der Waals surface area contributed by atoms with Crippen LogP contribution >= 0.6 is 15.9 Å². The van der Waals surface area contributed by atoms with Crippen molar-refractivity contribution in [2.24, 2.45) is 5.41 Å². The molecule has 0 bridgehead atoms. The van der Waals surface area contributed by atoms with E-state index >= 15 is 0 Å². The van der Waals surface area contributed by atoms with Crippen molar-refractivity contribution in [2.45, 2.75) is 26.7 Å². The Morgan fingerprint density at radius 1 is 1.53 bits per heavy atom. The molecule has 0 fully saturated rings. The second-order valence-corrected chi connectivity index (χ2v) is 5.30. The number of aromatic nitrogens is 2. The van der Waals surface area contributed by atoms with Crippen molar-refractivity contribution in [2.75, 3.05) is 0 Å². The number of allylic oxidation sites excluding steroid dienone is 2. The van der Waals surface area contributed by atoms with E-state index in [-0.39, 0.29) is 11.2 Å². The molecule has 0 unspecified atom stereocenters. The van der Waals surface area contributed by atoms with Gasteiger partial charge in [0.1, 0.15) is 10.9 Å². The summed E-state index contributed by atoms with van der Waals surface area (Å²) in [5.74, 6) is 0.202. The van der Waals surface area contributed by atoms with Crippen LogP contribution in [0.3, 0.4) is 0 Å². The summed E-state index contributed by atoms with van der Waals surface area (Å²) < 4.78 is 2.69. The third-order valence-corrected chi connectivity index (χ3v) is 3.26. The molecule has 0 saturated heterocycles. The lowest BCUT2D eigenvalue weighted by Gasteiger charge is -2.27. The van der Waals surface area contributed by atoms with Crippen molar-refractivity contribution in [1.29, 1.82) is 0 Å². The Bertz CT molecular complexity index is 432. The van der Waals surface area contributed by atoms with Gasteiger partial charge in [0.2, 0.25) is 0 Å². The van der Waals surface area contributed by atoms with Crippen LogP contribution < -0.4 is 0 Å². The van der Waals surface area contributed by atoms with Crippen LogP contribution in [0.25, 0.3) is 5.70 Å². The SMILES string of the molecule is CC1(C)CCC(n2cnc(Br)c2)=CC1=O. The number of ketones is 1. The van der Waals surface area contributed by atoms with Gasteiger partial charge in [-0.05, 0) is 28.8 Å². The van der Waals surface area contributed by atoms with Crippen LogP contribution in [0.5, 0.6) is 0 Å². The molecule has 80 valence electrons. The third kappa shape index (κ3) is 2.04. The van der Waals surface area contributed by atoms with E-state index in [1.54, 1.807) is 12.4 Å². The molecule has 0 aromatic carbocycles. The second kappa shape index (κ2) is 3.59. The summed E-state index contributed by atoms with van der Waals surface area (Å²) in [4.78, 5) is 15.9. The van der Waals surface area contributed by atoms with Gasteiger partial charge in [0.15, 0.2) is 5.78 Å². The number of nitrogens with zero attached hydrogens (tertiary/aromatic N) is 2. The molecule has 4 heteroatoms. The van der Waals surface area contributed by atoms with Gasteiger partial charge >= 0.3 is 0 Å². The van der Waals surface area contributed by atoms with Crippen molar-refractivity contribution in [3.8, 4) is 0 Å². The molecule has 1 aromatic rings. The van der Waals surface area contributed by atoms with Gasteiger partial charge in [0.05, 0.1) is 0 Å². The lowest BCUT2D eigenvalue weighted by molar-refractivity contribution is -0.122. The van der Waals surface area contributed by atoms with E-state index in [1.165, 1.54) is 0 Å². The molecule has 1 aliphatic rings. The van der Waals surface area contributed by atoms with Crippen molar-refractivity contribution in [3.63, 3.8) is 0 Å². The number of carbonyl (C=O) groups excluding carboxylic acids is 1. The van der Waals surface area contributed by atoms with Gasteiger partial charge in [-0.2, -0.15) is 0 Å². The number of halogens is 1. The van der Waals surface area contributed by atoms with Gasteiger partial charge in [-0.25, -0.2) is 4.98 Å². The minimum atomic E-state index is -0.207. The van der Waals surface area contributed by atoms with Crippen LogP contribution in [-0.2, 0) is 4.79 Å². The Hall–Kier alpha value is -0.900. The largest absolute Gasteiger partial charge is 0.309 e. The molecule has 15 heavy (non-hydrogen) atoms.